The lowest BCUT2D eigenvalue weighted by Crippen LogP contribution is -2.19. The summed E-state index contributed by atoms with van der Waals surface area (Å²) in [5, 5.41) is 2.95. The molecule has 3 aromatic rings. The van der Waals surface area contributed by atoms with Crippen LogP contribution in [0.3, 0.4) is 0 Å². The third kappa shape index (κ3) is 4.25. The number of nitrogens with zero attached hydrogens (tertiary/aromatic N) is 1. The fraction of sp³-hybridized carbons (Fsp3) is 0.190. The average molecular weight is 350 g/mol. The fourth-order valence-electron chi connectivity index (χ4n) is 2.84. The topological polar surface area (TPSA) is 52.5 Å². The standard InChI is InChI=1S/C21H22N2O3/c1-25-18-9-5-16(6-10-18)20(23-13-3-4-14-23)15-21(24)22-17-7-11-19(26-2)12-8-17/h3-14,20H,15H2,1-2H3,(H,22,24)/t20-/m1/s1. The van der Waals surface area contributed by atoms with Crippen LogP contribution in [0.15, 0.2) is 73.1 Å². The summed E-state index contributed by atoms with van der Waals surface area (Å²) in [6.07, 6.45) is 4.26. The first-order valence-corrected chi connectivity index (χ1v) is 8.40. The van der Waals surface area contributed by atoms with Crippen LogP contribution in [0.1, 0.15) is 18.0 Å². The van der Waals surface area contributed by atoms with Gasteiger partial charge in [0, 0.05) is 18.1 Å². The van der Waals surface area contributed by atoms with Gasteiger partial charge in [0.2, 0.25) is 5.91 Å². The zero-order chi connectivity index (χ0) is 18.4. The predicted octanol–water partition coefficient (Wildman–Crippen LogP) is 4.12. The van der Waals surface area contributed by atoms with Crippen molar-refractivity contribution in [3.8, 4) is 11.5 Å². The summed E-state index contributed by atoms with van der Waals surface area (Å²) in [4.78, 5) is 12.6. The van der Waals surface area contributed by atoms with Crippen molar-refractivity contribution >= 4 is 11.6 Å². The molecule has 0 bridgehead atoms. The van der Waals surface area contributed by atoms with Crippen LogP contribution in [0.2, 0.25) is 0 Å². The van der Waals surface area contributed by atoms with Gasteiger partial charge in [0.1, 0.15) is 11.5 Å². The van der Waals surface area contributed by atoms with Crippen molar-refractivity contribution in [3.63, 3.8) is 0 Å². The van der Waals surface area contributed by atoms with Gasteiger partial charge in [-0.25, -0.2) is 0 Å². The van der Waals surface area contributed by atoms with E-state index in [0.717, 1.165) is 22.7 Å². The van der Waals surface area contributed by atoms with Gasteiger partial charge >= 0.3 is 0 Å². The first-order chi connectivity index (χ1) is 12.7. The second-order valence-corrected chi connectivity index (χ2v) is 5.90. The van der Waals surface area contributed by atoms with Crippen LogP contribution in [-0.2, 0) is 4.79 Å². The molecule has 1 atom stereocenters. The van der Waals surface area contributed by atoms with E-state index < -0.39 is 0 Å². The number of hydrogen-bond acceptors (Lipinski definition) is 3. The summed E-state index contributed by atoms with van der Waals surface area (Å²) in [5.74, 6) is 1.50. The third-order valence-corrected chi connectivity index (χ3v) is 4.24. The molecule has 0 unspecified atom stereocenters. The van der Waals surface area contributed by atoms with Gasteiger partial charge < -0.3 is 19.4 Å². The largest absolute Gasteiger partial charge is 0.497 e. The minimum atomic E-state index is -0.0887. The van der Waals surface area contributed by atoms with E-state index in [1.54, 1.807) is 14.2 Å². The number of anilines is 1. The normalized spacial score (nSPS) is 11.6. The van der Waals surface area contributed by atoms with Crippen LogP contribution in [0.5, 0.6) is 11.5 Å². The Morgan fingerprint density at radius 2 is 1.46 bits per heavy atom. The number of carbonyl (C=O) groups is 1. The number of amides is 1. The molecule has 0 saturated heterocycles. The van der Waals surface area contributed by atoms with E-state index in [1.807, 2.05) is 77.6 Å². The molecule has 2 aromatic carbocycles. The van der Waals surface area contributed by atoms with Gasteiger partial charge in [0.05, 0.1) is 26.7 Å². The molecule has 26 heavy (non-hydrogen) atoms. The third-order valence-electron chi connectivity index (χ3n) is 4.24. The van der Waals surface area contributed by atoms with E-state index in [1.165, 1.54) is 0 Å². The molecule has 0 aliphatic rings. The van der Waals surface area contributed by atoms with Crippen molar-refractivity contribution in [2.45, 2.75) is 12.5 Å². The van der Waals surface area contributed by atoms with Crippen LogP contribution in [-0.4, -0.2) is 24.7 Å². The van der Waals surface area contributed by atoms with Gasteiger partial charge in [-0.2, -0.15) is 0 Å². The summed E-state index contributed by atoms with van der Waals surface area (Å²) in [7, 11) is 3.25. The molecule has 1 aromatic heterocycles. The summed E-state index contributed by atoms with van der Waals surface area (Å²) in [6.45, 7) is 0. The van der Waals surface area contributed by atoms with Gasteiger partial charge in [0.15, 0.2) is 0 Å². The molecule has 0 radical (unpaired) electrons. The van der Waals surface area contributed by atoms with E-state index in [2.05, 4.69) is 5.32 Å². The maximum Gasteiger partial charge on any atom is 0.226 e. The molecular formula is C21H22N2O3. The highest BCUT2D eigenvalue weighted by molar-refractivity contribution is 5.91. The number of hydrogen-bond donors (Lipinski definition) is 1. The molecule has 134 valence electrons. The maximum atomic E-state index is 12.6. The number of methoxy groups -OCH3 is 2. The number of rotatable bonds is 7. The second-order valence-electron chi connectivity index (χ2n) is 5.90. The Kier molecular flexibility index (Phi) is 5.59. The Bertz CT molecular complexity index is 825. The lowest BCUT2D eigenvalue weighted by Gasteiger charge is -2.20. The zero-order valence-electron chi connectivity index (χ0n) is 14.9. The van der Waals surface area contributed by atoms with Gasteiger partial charge in [-0.3, -0.25) is 4.79 Å². The first-order valence-electron chi connectivity index (χ1n) is 8.40. The summed E-state index contributed by atoms with van der Waals surface area (Å²) in [5.41, 5.74) is 1.80. The van der Waals surface area contributed by atoms with Crippen molar-refractivity contribution in [3.05, 3.63) is 78.6 Å². The van der Waals surface area contributed by atoms with Gasteiger partial charge in [-0.1, -0.05) is 12.1 Å². The van der Waals surface area contributed by atoms with Gasteiger partial charge in [0.25, 0.3) is 0 Å². The molecule has 0 fully saturated rings. The first kappa shape index (κ1) is 17.6. The van der Waals surface area contributed by atoms with Crippen molar-refractivity contribution in [2.24, 2.45) is 0 Å². The molecule has 0 aliphatic carbocycles. The molecule has 1 amide bonds. The Hall–Kier alpha value is -3.21. The number of ether oxygens (including phenoxy) is 2. The molecule has 0 spiro atoms. The summed E-state index contributed by atoms with van der Waals surface area (Å²) >= 11 is 0. The highest BCUT2D eigenvalue weighted by Gasteiger charge is 2.17. The Labute approximate surface area is 153 Å². The summed E-state index contributed by atoms with van der Waals surface area (Å²) < 4.78 is 12.4. The molecule has 1 N–H and O–H groups in total. The minimum absolute atomic E-state index is 0.0512. The second kappa shape index (κ2) is 8.25. The molecule has 0 aliphatic heterocycles. The van der Waals surface area contributed by atoms with Gasteiger partial charge in [-0.05, 0) is 54.1 Å². The number of carbonyl (C=O) groups excluding carboxylic acids is 1. The van der Waals surface area contributed by atoms with Crippen LogP contribution in [0.4, 0.5) is 5.69 Å². The van der Waals surface area contributed by atoms with Gasteiger partial charge in [-0.15, -0.1) is 0 Å². The van der Waals surface area contributed by atoms with Crippen LogP contribution in [0.25, 0.3) is 0 Å². The smallest absolute Gasteiger partial charge is 0.226 e. The molecule has 1 heterocycles. The van der Waals surface area contributed by atoms with Crippen LogP contribution >= 0.6 is 0 Å². The number of nitrogens with one attached hydrogen (secondary N) is 1. The quantitative estimate of drug-likeness (QED) is 0.697. The monoisotopic (exact) mass is 350 g/mol. The van der Waals surface area contributed by atoms with Crippen molar-refractivity contribution in [2.75, 3.05) is 19.5 Å². The molecule has 3 rings (SSSR count). The SMILES string of the molecule is COc1ccc(NC(=O)C[C@H](c2ccc(OC)cc2)n2cccc2)cc1. The Balaban J connectivity index is 1.75. The fourth-order valence-corrected chi connectivity index (χ4v) is 2.84. The predicted molar refractivity (Wildman–Crippen MR) is 102 cm³/mol. The lowest BCUT2D eigenvalue weighted by atomic mass is 10.0. The summed E-state index contributed by atoms with van der Waals surface area (Å²) in [6, 6.07) is 18.9. The number of benzene rings is 2. The maximum absolute atomic E-state index is 12.6. The molecule has 5 nitrogen and oxygen atoms in total. The number of aromatic nitrogens is 1. The van der Waals surface area contributed by atoms with Crippen molar-refractivity contribution in [1.29, 1.82) is 0 Å². The molecular weight excluding hydrogens is 328 g/mol. The van der Waals surface area contributed by atoms with Crippen molar-refractivity contribution < 1.29 is 14.3 Å². The highest BCUT2D eigenvalue weighted by Crippen LogP contribution is 2.25. The molecule has 5 heteroatoms. The zero-order valence-corrected chi connectivity index (χ0v) is 14.9. The van der Waals surface area contributed by atoms with Crippen LogP contribution < -0.4 is 14.8 Å². The lowest BCUT2D eigenvalue weighted by molar-refractivity contribution is -0.116. The van der Waals surface area contributed by atoms with Crippen LogP contribution in [0, 0.1) is 0 Å². The van der Waals surface area contributed by atoms with E-state index in [9.17, 15) is 4.79 Å². The van der Waals surface area contributed by atoms with E-state index in [-0.39, 0.29) is 11.9 Å². The van der Waals surface area contributed by atoms with E-state index in [0.29, 0.717) is 6.42 Å². The van der Waals surface area contributed by atoms with E-state index >= 15 is 0 Å². The average Bonchev–Trinajstić information content (AvgIpc) is 3.21. The Morgan fingerprint density at radius 3 is 2.00 bits per heavy atom. The minimum Gasteiger partial charge on any atom is -0.497 e. The Morgan fingerprint density at radius 1 is 0.923 bits per heavy atom. The van der Waals surface area contributed by atoms with Crippen molar-refractivity contribution in [1.82, 2.24) is 4.57 Å². The molecule has 0 saturated carbocycles. The van der Waals surface area contributed by atoms with E-state index in [4.69, 9.17) is 9.47 Å². The highest BCUT2D eigenvalue weighted by atomic mass is 16.5.